The lowest BCUT2D eigenvalue weighted by Gasteiger charge is -2.23. The van der Waals surface area contributed by atoms with Gasteiger partial charge in [-0.3, -0.25) is 9.69 Å². The Morgan fingerprint density at radius 2 is 1.80 bits per heavy atom. The molecular formula is C22H13Cl2N3O2S. The van der Waals surface area contributed by atoms with Gasteiger partial charge >= 0.3 is 0 Å². The van der Waals surface area contributed by atoms with Gasteiger partial charge in [-0.2, -0.15) is 5.26 Å². The van der Waals surface area contributed by atoms with Crippen molar-refractivity contribution in [3.05, 3.63) is 92.5 Å². The number of primary amides is 1. The zero-order valence-corrected chi connectivity index (χ0v) is 17.6. The molecule has 0 saturated heterocycles. The van der Waals surface area contributed by atoms with Crippen LogP contribution < -0.4 is 10.6 Å². The van der Waals surface area contributed by atoms with Crippen LogP contribution in [0.15, 0.2) is 81.1 Å². The summed E-state index contributed by atoms with van der Waals surface area (Å²) >= 11 is 13.6. The summed E-state index contributed by atoms with van der Waals surface area (Å²) in [4.78, 5) is 13.6. The number of carbonyl (C=O) groups excluding carboxylic acids is 1. The lowest BCUT2D eigenvalue weighted by molar-refractivity contribution is -0.114. The molecule has 1 aliphatic rings. The van der Waals surface area contributed by atoms with E-state index >= 15 is 0 Å². The summed E-state index contributed by atoms with van der Waals surface area (Å²) in [5.41, 5.74) is 7.40. The summed E-state index contributed by atoms with van der Waals surface area (Å²) in [5, 5.41) is 12.7. The number of anilines is 1. The first-order valence-electron chi connectivity index (χ1n) is 8.71. The molecule has 8 heteroatoms. The SMILES string of the molecule is N#C/C(C(N)=O)=C1/SC=C(c2ccc(-c3cc(Cl)ccc3Cl)o2)N1c1ccccc1. The van der Waals surface area contributed by atoms with Crippen molar-refractivity contribution < 1.29 is 9.21 Å². The van der Waals surface area contributed by atoms with Crippen molar-refractivity contribution in [1.82, 2.24) is 0 Å². The van der Waals surface area contributed by atoms with E-state index in [1.54, 1.807) is 35.2 Å². The summed E-state index contributed by atoms with van der Waals surface area (Å²) in [6.07, 6.45) is 0. The van der Waals surface area contributed by atoms with E-state index in [1.165, 1.54) is 11.8 Å². The molecule has 1 aromatic heterocycles. The normalized spacial score (nSPS) is 15.0. The molecule has 0 saturated carbocycles. The van der Waals surface area contributed by atoms with Crippen LogP contribution in [0.5, 0.6) is 0 Å². The largest absolute Gasteiger partial charge is 0.454 e. The van der Waals surface area contributed by atoms with Crippen LogP contribution in [-0.2, 0) is 4.79 Å². The fraction of sp³-hybridized carbons (Fsp3) is 0. The second-order valence-electron chi connectivity index (χ2n) is 6.24. The number of hydrogen-bond donors (Lipinski definition) is 1. The minimum Gasteiger partial charge on any atom is -0.454 e. The van der Waals surface area contributed by atoms with Crippen LogP contribution in [0.25, 0.3) is 17.0 Å². The van der Waals surface area contributed by atoms with Gasteiger partial charge in [-0.15, -0.1) is 0 Å². The number of nitrogens with two attached hydrogens (primary N) is 1. The molecule has 2 aromatic carbocycles. The van der Waals surface area contributed by atoms with Crippen LogP contribution in [0.4, 0.5) is 5.69 Å². The minimum atomic E-state index is -0.790. The number of nitriles is 1. The van der Waals surface area contributed by atoms with Gasteiger partial charge in [0.1, 0.15) is 22.4 Å². The highest BCUT2D eigenvalue weighted by atomic mass is 35.5. The highest BCUT2D eigenvalue weighted by Crippen LogP contribution is 2.45. The number of rotatable bonds is 4. The molecule has 3 aromatic rings. The zero-order valence-electron chi connectivity index (χ0n) is 15.3. The van der Waals surface area contributed by atoms with E-state index in [9.17, 15) is 10.1 Å². The number of furan rings is 1. The average molecular weight is 454 g/mol. The smallest absolute Gasteiger partial charge is 0.262 e. The van der Waals surface area contributed by atoms with Gasteiger partial charge in [-0.25, -0.2) is 0 Å². The molecule has 0 radical (unpaired) electrons. The van der Waals surface area contributed by atoms with Crippen LogP contribution in [0.3, 0.4) is 0 Å². The first kappa shape index (κ1) is 20.2. The third-order valence-electron chi connectivity index (χ3n) is 4.36. The van der Waals surface area contributed by atoms with Gasteiger partial charge in [0.2, 0.25) is 0 Å². The van der Waals surface area contributed by atoms with Crippen molar-refractivity contribution in [2.75, 3.05) is 4.90 Å². The quantitative estimate of drug-likeness (QED) is 0.385. The highest BCUT2D eigenvalue weighted by molar-refractivity contribution is 8.06. The van der Waals surface area contributed by atoms with E-state index in [1.807, 2.05) is 41.8 Å². The van der Waals surface area contributed by atoms with E-state index in [-0.39, 0.29) is 5.57 Å². The zero-order chi connectivity index (χ0) is 21.3. The monoisotopic (exact) mass is 453 g/mol. The minimum absolute atomic E-state index is 0.125. The van der Waals surface area contributed by atoms with Gasteiger partial charge in [0.05, 0.1) is 10.7 Å². The molecule has 0 unspecified atom stereocenters. The lowest BCUT2D eigenvalue weighted by atomic mass is 10.2. The van der Waals surface area contributed by atoms with Crippen molar-refractivity contribution in [3.8, 4) is 17.4 Å². The number of carbonyl (C=O) groups is 1. The Balaban J connectivity index is 1.81. The Morgan fingerprint density at radius 3 is 2.50 bits per heavy atom. The van der Waals surface area contributed by atoms with E-state index < -0.39 is 5.91 Å². The molecule has 148 valence electrons. The van der Waals surface area contributed by atoms with E-state index in [0.717, 1.165) is 5.69 Å². The molecule has 0 fully saturated rings. The van der Waals surface area contributed by atoms with Crippen molar-refractivity contribution in [2.45, 2.75) is 0 Å². The highest BCUT2D eigenvalue weighted by Gasteiger charge is 2.31. The van der Waals surface area contributed by atoms with Crippen LogP contribution in [-0.4, -0.2) is 5.91 Å². The number of para-hydroxylation sites is 1. The number of halogens is 2. The predicted molar refractivity (Wildman–Crippen MR) is 120 cm³/mol. The third kappa shape index (κ3) is 3.71. The Hall–Kier alpha value is -3.11. The molecule has 5 nitrogen and oxygen atoms in total. The molecule has 0 bridgehead atoms. The first-order valence-corrected chi connectivity index (χ1v) is 10.3. The number of nitrogens with zero attached hydrogens (tertiary/aromatic N) is 2. The van der Waals surface area contributed by atoms with Gasteiger partial charge in [-0.1, -0.05) is 53.2 Å². The number of benzene rings is 2. The van der Waals surface area contributed by atoms with Crippen molar-refractivity contribution in [3.63, 3.8) is 0 Å². The van der Waals surface area contributed by atoms with E-state index in [0.29, 0.717) is 37.9 Å². The maximum Gasteiger partial charge on any atom is 0.262 e. The number of amides is 1. The van der Waals surface area contributed by atoms with Crippen molar-refractivity contribution in [2.24, 2.45) is 5.73 Å². The van der Waals surface area contributed by atoms with Crippen LogP contribution >= 0.6 is 35.0 Å². The Bertz CT molecular complexity index is 1240. The maximum absolute atomic E-state index is 11.8. The van der Waals surface area contributed by atoms with Gasteiger partial charge < -0.3 is 10.2 Å². The van der Waals surface area contributed by atoms with E-state index in [2.05, 4.69) is 0 Å². The summed E-state index contributed by atoms with van der Waals surface area (Å²) in [7, 11) is 0. The molecule has 2 N–H and O–H groups in total. The summed E-state index contributed by atoms with van der Waals surface area (Å²) in [6.45, 7) is 0. The standard InChI is InChI=1S/C22H13Cl2N3O2S/c23-13-6-7-17(24)15(10-13)19-8-9-20(29-19)18-12-30-22(16(11-25)21(26)28)27(18)14-4-2-1-3-5-14/h1-10,12H,(H2,26,28)/b22-16-. The Kier molecular flexibility index (Phi) is 5.60. The lowest BCUT2D eigenvalue weighted by Crippen LogP contribution is -2.22. The second kappa shape index (κ2) is 8.33. The Labute approximate surface area is 187 Å². The molecule has 1 amide bonds. The first-order chi connectivity index (χ1) is 14.5. The predicted octanol–water partition coefficient (Wildman–Crippen LogP) is 6.03. The number of hydrogen-bond acceptors (Lipinski definition) is 5. The van der Waals surface area contributed by atoms with Gasteiger partial charge in [0, 0.05) is 21.7 Å². The Morgan fingerprint density at radius 1 is 1.07 bits per heavy atom. The number of thioether (sulfide) groups is 1. The fourth-order valence-corrected chi connectivity index (χ4v) is 4.41. The summed E-state index contributed by atoms with van der Waals surface area (Å²) in [6, 6.07) is 20.0. The summed E-state index contributed by atoms with van der Waals surface area (Å²) in [5.74, 6) is 0.292. The molecular weight excluding hydrogens is 441 g/mol. The molecule has 0 aliphatic carbocycles. The van der Waals surface area contributed by atoms with Crippen LogP contribution in [0.2, 0.25) is 10.0 Å². The maximum atomic E-state index is 11.8. The molecule has 0 spiro atoms. The van der Waals surface area contributed by atoms with Crippen molar-refractivity contribution in [1.29, 1.82) is 5.26 Å². The fourth-order valence-electron chi connectivity index (χ4n) is 3.01. The van der Waals surface area contributed by atoms with Crippen molar-refractivity contribution >= 4 is 52.3 Å². The third-order valence-corrected chi connectivity index (χ3v) is 5.88. The second-order valence-corrected chi connectivity index (χ2v) is 7.94. The van der Waals surface area contributed by atoms with Gasteiger partial charge in [0.25, 0.3) is 5.91 Å². The van der Waals surface area contributed by atoms with Crippen LogP contribution in [0, 0.1) is 11.3 Å². The van der Waals surface area contributed by atoms with Crippen LogP contribution in [0.1, 0.15) is 5.76 Å². The summed E-state index contributed by atoms with van der Waals surface area (Å²) < 4.78 is 6.08. The topological polar surface area (TPSA) is 83.3 Å². The molecule has 0 atom stereocenters. The van der Waals surface area contributed by atoms with E-state index in [4.69, 9.17) is 33.4 Å². The van der Waals surface area contributed by atoms with Gasteiger partial charge in [0.15, 0.2) is 5.76 Å². The average Bonchev–Trinajstić information content (AvgIpc) is 3.38. The molecule has 4 rings (SSSR count). The van der Waals surface area contributed by atoms with Gasteiger partial charge in [-0.05, 0) is 42.5 Å². The molecule has 1 aliphatic heterocycles. The molecule has 2 heterocycles. The molecule has 30 heavy (non-hydrogen) atoms.